The SMILES string of the molecule is CCOC(=O)c1cc2c(c(-c3ccc(OC)cc3)n1)C(=O)c1ncccc1C2=O. The lowest BCUT2D eigenvalue weighted by Crippen LogP contribution is -2.25. The molecule has 7 nitrogen and oxygen atoms in total. The average molecular weight is 388 g/mol. The van der Waals surface area contributed by atoms with Gasteiger partial charge in [-0.25, -0.2) is 9.78 Å². The van der Waals surface area contributed by atoms with E-state index in [1.54, 1.807) is 50.4 Å². The molecule has 1 aliphatic rings. The van der Waals surface area contributed by atoms with E-state index in [4.69, 9.17) is 9.47 Å². The Labute approximate surface area is 166 Å². The highest BCUT2D eigenvalue weighted by molar-refractivity contribution is 6.29. The van der Waals surface area contributed by atoms with Crippen molar-refractivity contribution in [1.29, 1.82) is 0 Å². The number of benzene rings is 1. The third kappa shape index (κ3) is 3.06. The van der Waals surface area contributed by atoms with Crippen molar-refractivity contribution < 1.29 is 23.9 Å². The van der Waals surface area contributed by atoms with Gasteiger partial charge in [-0.3, -0.25) is 14.6 Å². The minimum atomic E-state index is -0.665. The molecule has 0 atom stereocenters. The highest BCUT2D eigenvalue weighted by Crippen LogP contribution is 2.34. The fraction of sp³-hybridized carbons (Fsp3) is 0.136. The molecule has 2 aromatic heterocycles. The molecule has 0 saturated heterocycles. The Hall–Kier alpha value is -3.87. The second-order valence-electron chi connectivity index (χ2n) is 6.29. The molecular weight excluding hydrogens is 372 g/mol. The van der Waals surface area contributed by atoms with Gasteiger partial charge in [-0.2, -0.15) is 0 Å². The van der Waals surface area contributed by atoms with Gasteiger partial charge >= 0.3 is 5.97 Å². The monoisotopic (exact) mass is 388 g/mol. The molecular formula is C22H16N2O5. The number of methoxy groups -OCH3 is 1. The first-order valence-corrected chi connectivity index (χ1v) is 8.96. The van der Waals surface area contributed by atoms with Gasteiger partial charge in [0.15, 0.2) is 5.78 Å². The Bertz CT molecular complexity index is 1150. The Balaban J connectivity index is 1.98. The Morgan fingerprint density at radius 1 is 1.00 bits per heavy atom. The summed E-state index contributed by atoms with van der Waals surface area (Å²) in [5.74, 6) is -0.838. The maximum Gasteiger partial charge on any atom is 0.356 e. The first kappa shape index (κ1) is 18.5. The van der Waals surface area contributed by atoms with E-state index in [0.29, 0.717) is 11.3 Å². The number of carbonyl (C=O) groups excluding carboxylic acids is 3. The van der Waals surface area contributed by atoms with Crippen molar-refractivity contribution in [2.24, 2.45) is 0 Å². The molecule has 7 heteroatoms. The van der Waals surface area contributed by atoms with Crippen LogP contribution in [0.2, 0.25) is 0 Å². The molecule has 3 aromatic rings. The Kier molecular flexibility index (Phi) is 4.64. The van der Waals surface area contributed by atoms with Crippen LogP contribution >= 0.6 is 0 Å². The number of carbonyl (C=O) groups is 3. The molecule has 0 amide bonds. The van der Waals surface area contributed by atoms with Gasteiger partial charge in [0, 0.05) is 17.3 Å². The van der Waals surface area contributed by atoms with Crippen LogP contribution in [-0.2, 0) is 4.74 Å². The zero-order chi connectivity index (χ0) is 20.5. The second-order valence-corrected chi connectivity index (χ2v) is 6.29. The largest absolute Gasteiger partial charge is 0.497 e. The van der Waals surface area contributed by atoms with Gasteiger partial charge < -0.3 is 9.47 Å². The topological polar surface area (TPSA) is 95.5 Å². The Morgan fingerprint density at radius 2 is 1.76 bits per heavy atom. The van der Waals surface area contributed by atoms with Gasteiger partial charge in [0.05, 0.1) is 30.5 Å². The van der Waals surface area contributed by atoms with Crippen molar-refractivity contribution in [3.8, 4) is 17.0 Å². The molecule has 0 bridgehead atoms. The third-order valence-electron chi connectivity index (χ3n) is 4.61. The molecule has 0 unspecified atom stereocenters. The van der Waals surface area contributed by atoms with Crippen LogP contribution in [0, 0.1) is 0 Å². The summed E-state index contributed by atoms with van der Waals surface area (Å²) in [6, 6.07) is 11.3. The van der Waals surface area contributed by atoms with Crippen molar-refractivity contribution >= 4 is 17.5 Å². The van der Waals surface area contributed by atoms with E-state index in [1.165, 1.54) is 12.3 Å². The van der Waals surface area contributed by atoms with Gasteiger partial charge in [-0.05, 0) is 49.4 Å². The summed E-state index contributed by atoms with van der Waals surface area (Å²) >= 11 is 0. The summed E-state index contributed by atoms with van der Waals surface area (Å²) in [4.78, 5) is 47.1. The normalized spacial score (nSPS) is 12.2. The first-order chi connectivity index (χ1) is 14.0. The second kappa shape index (κ2) is 7.27. The van der Waals surface area contributed by atoms with E-state index in [0.717, 1.165) is 0 Å². The molecule has 2 heterocycles. The number of pyridine rings is 2. The van der Waals surface area contributed by atoms with E-state index in [-0.39, 0.29) is 46.2 Å². The van der Waals surface area contributed by atoms with Crippen molar-refractivity contribution in [3.05, 3.63) is 76.7 Å². The zero-order valence-electron chi connectivity index (χ0n) is 15.8. The lowest BCUT2D eigenvalue weighted by Gasteiger charge is -2.20. The summed E-state index contributed by atoms with van der Waals surface area (Å²) in [6.45, 7) is 1.84. The van der Waals surface area contributed by atoms with E-state index < -0.39 is 11.8 Å². The summed E-state index contributed by atoms with van der Waals surface area (Å²) < 4.78 is 10.2. The van der Waals surface area contributed by atoms with Crippen molar-refractivity contribution in [2.75, 3.05) is 13.7 Å². The van der Waals surface area contributed by atoms with Gasteiger partial charge in [0.25, 0.3) is 0 Å². The molecule has 1 aliphatic carbocycles. The maximum absolute atomic E-state index is 13.2. The van der Waals surface area contributed by atoms with Crippen LogP contribution in [0.5, 0.6) is 5.75 Å². The molecule has 0 aliphatic heterocycles. The standard InChI is InChI=1S/C22H16N2O5/c1-3-29-22(27)16-11-15-17(18(24-16)12-6-8-13(28-2)9-7-12)21(26)19-14(20(15)25)5-4-10-23-19/h4-11H,3H2,1-2H3. The number of rotatable bonds is 4. The quantitative estimate of drug-likeness (QED) is 0.496. The number of fused-ring (bicyclic) bond motifs is 2. The number of hydrogen-bond donors (Lipinski definition) is 0. The number of ketones is 2. The molecule has 4 rings (SSSR count). The maximum atomic E-state index is 13.2. The Morgan fingerprint density at radius 3 is 2.45 bits per heavy atom. The van der Waals surface area contributed by atoms with Crippen LogP contribution < -0.4 is 4.74 Å². The molecule has 0 N–H and O–H groups in total. The fourth-order valence-corrected chi connectivity index (χ4v) is 3.25. The summed E-state index contributed by atoms with van der Waals surface area (Å²) in [6.07, 6.45) is 1.46. The molecule has 1 aromatic carbocycles. The van der Waals surface area contributed by atoms with E-state index in [2.05, 4.69) is 9.97 Å². The predicted octanol–water partition coefficient (Wildman–Crippen LogP) is 3.10. The minimum Gasteiger partial charge on any atom is -0.497 e. The average Bonchev–Trinajstić information content (AvgIpc) is 2.77. The van der Waals surface area contributed by atoms with Crippen LogP contribution in [0.4, 0.5) is 0 Å². The molecule has 0 radical (unpaired) electrons. The lowest BCUT2D eigenvalue weighted by molar-refractivity contribution is 0.0519. The molecule has 29 heavy (non-hydrogen) atoms. The van der Waals surface area contributed by atoms with Crippen LogP contribution in [0.3, 0.4) is 0 Å². The van der Waals surface area contributed by atoms with Crippen LogP contribution in [0.1, 0.15) is 49.4 Å². The first-order valence-electron chi connectivity index (χ1n) is 8.96. The highest BCUT2D eigenvalue weighted by atomic mass is 16.5. The van der Waals surface area contributed by atoms with Gasteiger partial charge in [0.1, 0.15) is 17.1 Å². The van der Waals surface area contributed by atoms with Gasteiger partial charge in [-0.15, -0.1) is 0 Å². The highest BCUT2D eigenvalue weighted by Gasteiger charge is 2.35. The number of hydrogen-bond acceptors (Lipinski definition) is 7. The summed E-state index contributed by atoms with van der Waals surface area (Å²) in [5, 5.41) is 0. The van der Waals surface area contributed by atoms with E-state index >= 15 is 0 Å². The fourth-order valence-electron chi connectivity index (χ4n) is 3.25. The summed E-state index contributed by atoms with van der Waals surface area (Å²) in [5.41, 5.74) is 1.26. The number of nitrogens with zero attached hydrogens (tertiary/aromatic N) is 2. The van der Waals surface area contributed by atoms with E-state index in [9.17, 15) is 14.4 Å². The number of esters is 1. The zero-order valence-corrected chi connectivity index (χ0v) is 15.8. The predicted molar refractivity (Wildman–Crippen MR) is 103 cm³/mol. The van der Waals surface area contributed by atoms with Crippen LogP contribution in [0.15, 0.2) is 48.7 Å². The van der Waals surface area contributed by atoms with Crippen molar-refractivity contribution in [2.45, 2.75) is 6.92 Å². The molecule has 0 spiro atoms. The summed E-state index contributed by atoms with van der Waals surface area (Å²) in [7, 11) is 1.54. The molecule has 144 valence electrons. The van der Waals surface area contributed by atoms with Gasteiger partial charge in [-0.1, -0.05) is 0 Å². The van der Waals surface area contributed by atoms with Gasteiger partial charge in [0.2, 0.25) is 5.78 Å². The van der Waals surface area contributed by atoms with Crippen LogP contribution in [0.25, 0.3) is 11.3 Å². The third-order valence-corrected chi connectivity index (χ3v) is 4.61. The molecule has 0 fully saturated rings. The van der Waals surface area contributed by atoms with Crippen molar-refractivity contribution in [3.63, 3.8) is 0 Å². The van der Waals surface area contributed by atoms with E-state index in [1.807, 2.05) is 0 Å². The number of ether oxygens (including phenoxy) is 2. The number of aromatic nitrogens is 2. The minimum absolute atomic E-state index is 0.0371. The lowest BCUT2D eigenvalue weighted by atomic mass is 9.84. The molecule has 0 saturated carbocycles. The smallest absolute Gasteiger partial charge is 0.356 e. The van der Waals surface area contributed by atoms with Crippen molar-refractivity contribution in [1.82, 2.24) is 9.97 Å². The van der Waals surface area contributed by atoms with Crippen LogP contribution in [-0.4, -0.2) is 41.2 Å².